The highest BCUT2D eigenvalue weighted by Crippen LogP contribution is 2.28. The summed E-state index contributed by atoms with van der Waals surface area (Å²) < 4.78 is 0.464. The number of rotatable bonds is 4. The number of hydrogen-bond donors (Lipinski definition) is 1. The molecule has 19 heavy (non-hydrogen) atoms. The molecule has 1 heterocycles. The van der Waals surface area contributed by atoms with E-state index in [9.17, 15) is 14.9 Å². The summed E-state index contributed by atoms with van der Waals surface area (Å²) in [6.45, 7) is 1.17. The Kier molecular flexibility index (Phi) is 4.16. The molecule has 0 bridgehead atoms. The number of halogens is 1. The van der Waals surface area contributed by atoms with Gasteiger partial charge in [-0.25, -0.2) is 0 Å². The van der Waals surface area contributed by atoms with Crippen molar-refractivity contribution in [3.8, 4) is 0 Å². The van der Waals surface area contributed by atoms with E-state index in [0.717, 1.165) is 18.5 Å². The molecule has 0 aromatic heterocycles. The van der Waals surface area contributed by atoms with Crippen molar-refractivity contribution < 1.29 is 9.72 Å². The first-order chi connectivity index (χ1) is 9.00. The highest BCUT2D eigenvalue weighted by molar-refractivity contribution is 9.10. The summed E-state index contributed by atoms with van der Waals surface area (Å²) in [5.41, 5.74) is 0.811. The van der Waals surface area contributed by atoms with Crippen LogP contribution in [-0.4, -0.2) is 35.4 Å². The molecule has 0 aliphatic carbocycles. The second-order valence-electron chi connectivity index (χ2n) is 4.49. The van der Waals surface area contributed by atoms with Crippen molar-refractivity contribution in [1.29, 1.82) is 0 Å². The number of hydrogen-bond acceptors (Lipinski definition) is 4. The summed E-state index contributed by atoms with van der Waals surface area (Å²) in [5.74, 6) is 0.0709. The molecule has 1 saturated heterocycles. The lowest BCUT2D eigenvalue weighted by Crippen LogP contribution is -2.36. The average molecular weight is 328 g/mol. The molecule has 1 fully saturated rings. The van der Waals surface area contributed by atoms with Crippen LogP contribution in [0.4, 0.5) is 5.69 Å². The molecule has 1 amide bonds. The van der Waals surface area contributed by atoms with Crippen LogP contribution in [0.1, 0.15) is 12.0 Å². The van der Waals surface area contributed by atoms with Gasteiger partial charge in [-0.1, -0.05) is 12.1 Å². The van der Waals surface area contributed by atoms with Crippen molar-refractivity contribution in [2.45, 2.75) is 19.0 Å². The number of amides is 1. The number of carbonyl (C=O) groups is 1. The van der Waals surface area contributed by atoms with Crippen LogP contribution >= 0.6 is 15.9 Å². The van der Waals surface area contributed by atoms with Crippen molar-refractivity contribution in [1.82, 2.24) is 10.2 Å². The molecule has 1 aliphatic rings. The van der Waals surface area contributed by atoms with Crippen LogP contribution in [0.3, 0.4) is 0 Å². The van der Waals surface area contributed by atoms with Crippen molar-refractivity contribution >= 4 is 27.5 Å². The van der Waals surface area contributed by atoms with Crippen molar-refractivity contribution in [3.63, 3.8) is 0 Å². The Morgan fingerprint density at radius 1 is 1.58 bits per heavy atom. The molecule has 102 valence electrons. The molecule has 0 saturated carbocycles. The summed E-state index contributed by atoms with van der Waals surface area (Å²) in [6.07, 6.45) is 0.766. The van der Waals surface area contributed by atoms with Gasteiger partial charge in [0.25, 0.3) is 5.69 Å². The highest BCUT2D eigenvalue weighted by Gasteiger charge is 2.28. The molecular weight excluding hydrogens is 314 g/mol. The van der Waals surface area contributed by atoms with Gasteiger partial charge in [0.2, 0.25) is 5.91 Å². The first kappa shape index (κ1) is 14.0. The number of nitro benzene ring substituents is 1. The van der Waals surface area contributed by atoms with E-state index in [-0.39, 0.29) is 17.6 Å². The third-order valence-electron chi connectivity index (χ3n) is 3.22. The van der Waals surface area contributed by atoms with Crippen molar-refractivity contribution in [3.05, 3.63) is 38.3 Å². The molecule has 0 radical (unpaired) electrons. The summed E-state index contributed by atoms with van der Waals surface area (Å²) in [5, 5.41) is 14.0. The Morgan fingerprint density at radius 2 is 2.32 bits per heavy atom. The van der Waals surface area contributed by atoms with Gasteiger partial charge in [-0.3, -0.25) is 14.9 Å². The van der Waals surface area contributed by atoms with Crippen LogP contribution in [0.2, 0.25) is 0 Å². The molecule has 0 spiro atoms. The maximum absolute atomic E-state index is 11.7. The number of likely N-dealkylation sites (tertiary alicyclic amines) is 1. The van der Waals surface area contributed by atoms with Crippen LogP contribution in [-0.2, 0) is 11.3 Å². The molecule has 2 rings (SSSR count). The van der Waals surface area contributed by atoms with Crippen molar-refractivity contribution in [2.75, 3.05) is 13.6 Å². The van der Waals surface area contributed by atoms with Crippen LogP contribution in [0.15, 0.2) is 22.7 Å². The lowest BCUT2D eigenvalue weighted by molar-refractivity contribution is -0.385. The topological polar surface area (TPSA) is 75.5 Å². The smallest absolute Gasteiger partial charge is 0.283 e. The Balaban J connectivity index is 2.06. The number of nitrogens with zero attached hydrogens (tertiary/aromatic N) is 2. The number of nitrogens with one attached hydrogen (secondary N) is 1. The van der Waals surface area contributed by atoms with Crippen LogP contribution in [0.25, 0.3) is 0 Å². The molecule has 1 aromatic rings. The fraction of sp³-hybridized carbons (Fsp3) is 0.417. The second-order valence-corrected chi connectivity index (χ2v) is 5.28. The zero-order chi connectivity index (χ0) is 14.0. The minimum absolute atomic E-state index is 0.0363. The summed E-state index contributed by atoms with van der Waals surface area (Å²) in [6, 6.07) is 4.69. The largest absolute Gasteiger partial charge is 0.344 e. The Hall–Kier alpha value is -1.47. The van der Waals surface area contributed by atoms with E-state index >= 15 is 0 Å². The van der Waals surface area contributed by atoms with E-state index in [0.29, 0.717) is 11.0 Å². The van der Waals surface area contributed by atoms with Gasteiger partial charge < -0.3 is 10.2 Å². The van der Waals surface area contributed by atoms with Crippen LogP contribution in [0, 0.1) is 10.1 Å². The molecule has 1 aromatic carbocycles. The first-order valence-electron chi connectivity index (χ1n) is 5.91. The lowest BCUT2D eigenvalue weighted by Gasteiger charge is -2.13. The molecule has 1 unspecified atom stereocenters. The molecular formula is C12H14BrN3O3. The third-order valence-corrected chi connectivity index (χ3v) is 4.14. The number of likely N-dealkylation sites (N-methyl/N-ethyl adjacent to an activating group) is 1. The number of nitro groups is 1. The standard InChI is InChI=1S/C12H14BrN3O3/c1-15-6-5-9(12(15)17)14-7-8-3-2-4-10(11(8)13)16(18)19/h2-4,9,14H,5-7H2,1H3. The maximum Gasteiger partial charge on any atom is 0.283 e. The molecule has 7 heteroatoms. The predicted molar refractivity (Wildman–Crippen MR) is 73.7 cm³/mol. The van der Waals surface area contributed by atoms with E-state index in [4.69, 9.17) is 0 Å². The van der Waals surface area contributed by atoms with Gasteiger partial charge in [0, 0.05) is 26.2 Å². The van der Waals surface area contributed by atoms with E-state index < -0.39 is 4.92 Å². The van der Waals surface area contributed by atoms with Gasteiger partial charge in [0.05, 0.1) is 15.4 Å². The average Bonchev–Trinajstić information content (AvgIpc) is 2.68. The highest BCUT2D eigenvalue weighted by atomic mass is 79.9. The first-order valence-corrected chi connectivity index (χ1v) is 6.70. The SMILES string of the molecule is CN1CCC(NCc2cccc([N+](=O)[O-])c2Br)C1=O. The minimum Gasteiger partial charge on any atom is -0.344 e. The quantitative estimate of drug-likeness (QED) is 0.674. The molecule has 1 aliphatic heterocycles. The number of benzene rings is 1. The van der Waals surface area contributed by atoms with Gasteiger partial charge in [-0.05, 0) is 27.9 Å². The number of carbonyl (C=O) groups excluding carboxylic acids is 1. The van der Waals surface area contributed by atoms with Gasteiger partial charge >= 0.3 is 0 Å². The van der Waals surface area contributed by atoms with Gasteiger partial charge in [0.1, 0.15) is 0 Å². The monoisotopic (exact) mass is 327 g/mol. The molecule has 6 nitrogen and oxygen atoms in total. The zero-order valence-corrected chi connectivity index (χ0v) is 12.0. The van der Waals surface area contributed by atoms with Crippen molar-refractivity contribution in [2.24, 2.45) is 0 Å². The van der Waals surface area contributed by atoms with Crippen LogP contribution < -0.4 is 5.32 Å². The normalized spacial score (nSPS) is 18.9. The lowest BCUT2D eigenvalue weighted by atomic mass is 10.1. The Bertz CT molecular complexity index is 521. The Morgan fingerprint density at radius 3 is 2.89 bits per heavy atom. The van der Waals surface area contributed by atoms with E-state index in [1.807, 2.05) is 0 Å². The van der Waals surface area contributed by atoms with Crippen LogP contribution in [0.5, 0.6) is 0 Å². The summed E-state index contributed by atoms with van der Waals surface area (Å²) in [7, 11) is 1.77. The molecule has 1 atom stereocenters. The van der Waals surface area contributed by atoms with E-state index in [1.54, 1.807) is 24.1 Å². The van der Waals surface area contributed by atoms with Gasteiger partial charge in [-0.15, -0.1) is 0 Å². The predicted octanol–water partition coefficient (Wildman–Crippen LogP) is 1.68. The second kappa shape index (κ2) is 5.66. The minimum atomic E-state index is -0.428. The maximum atomic E-state index is 11.7. The van der Waals surface area contributed by atoms with E-state index in [2.05, 4.69) is 21.2 Å². The summed E-state index contributed by atoms with van der Waals surface area (Å²) >= 11 is 3.24. The van der Waals surface area contributed by atoms with E-state index in [1.165, 1.54) is 6.07 Å². The Labute approximate surface area is 119 Å². The van der Waals surface area contributed by atoms with Gasteiger partial charge in [0.15, 0.2) is 0 Å². The van der Waals surface area contributed by atoms with Gasteiger partial charge in [-0.2, -0.15) is 0 Å². The molecule has 1 N–H and O–H groups in total. The fourth-order valence-corrected chi connectivity index (χ4v) is 2.64. The fourth-order valence-electron chi connectivity index (χ4n) is 2.09. The zero-order valence-electron chi connectivity index (χ0n) is 10.4. The summed E-state index contributed by atoms with van der Waals surface area (Å²) in [4.78, 5) is 23.8. The third kappa shape index (κ3) is 2.93.